The lowest BCUT2D eigenvalue weighted by Gasteiger charge is -2.11. The van der Waals surface area contributed by atoms with Crippen LogP contribution in [0.15, 0.2) is 47.8 Å². The maximum absolute atomic E-state index is 11.5. The first-order chi connectivity index (χ1) is 11.6. The Kier molecular flexibility index (Phi) is 3.58. The molecule has 4 rings (SSSR count). The molecule has 5 heteroatoms. The summed E-state index contributed by atoms with van der Waals surface area (Å²) in [5.74, 6) is 0.0575. The maximum atomic E-state index is 11.5. The fraction of sp³-hybridized carbons (Fsp3) is 0.158. The van der Waals surface area contributed by atoms with Crippen molar-refractivity contribution in [1.82, 2.24) is 4.98 Å². The number of fused-ring (bicyclic) bond motifs is 1. The van der Waals surface area contributed by atoms with Gasteiger partial charge < -0.3 is 10.2 Å². The van der Waals surface area contributed by atoms with Crippen molar-refractivity contribution in [2.24, 2.45) is 0 Å². The van der Waals surface area contributed by atoms with Gasteiger partial charge in [-0.1, -0.05) is 6.07 Å². The Hall–Kier alpha value is -2.66. The quantitative estimate of drug-likeness (QED) is 0.786. The van der Waals surface area contributed by atoms with Gasteiger partial charge in [-0.2, -0.15) is 0 Å². The summed E-state index contributed by atoms with van der Waals surface area (Å²) >= 11 is 1.64. The normalized spacial score (nSPS) is 12.8. The summed E-state index contributed by atoms with van der Waals surface area (Å²) in [4.78, 5) is 18.3. The van der Waals surface area contributed by atoms with Gasteiger partial charge in [-0.15, -0.1) is 11.3 Å². The second-order valence-electron chi connectivity index (χ2n) is 6.08. The largest absolute Gasteiger partial charge is 0.378 e. The molecule has 1 aliphatic rings. The van der Waals surface area contributed by atoms with E-state index in [1.807, 2.05) is 26.2 Å². The number of hydrogen-bond acceptors (Lipinski definition) is 4. The van der Waals surface area contributed by atoms with Crippen molar-refractivity contribution in [1.29, 1.82) is 0 Å². The van der Waals surface area contributed by atoms with Crippen LogP contribution in [0.1, 0.15) is 5.56 Å². The number of thiazole rings is 1. The molecule has 4 nitrogen and oxygen atoms in total. The van der Waals surface area contributed by atoms with E-state index in [4.69, 9.17) is 4.98 Å². The van der Waals surface area contributed by atoms with Gasteiger partial charge in [0, 0.05) is 42.0 Å². The van der Waals surface area contributed by atoms with Crippen molar-refractivity contribution in [3.63, 3.8) is 0 Å². The van der Waals surface area contributed by atoms with Crippen molar-refractivity contribution >= 4 is 28.6 Å². The zero-order chi connectivity index (χ0) is 16.7. The summed E-state index contributed by atoms with van der Waals surface area (Å²) in [6.07, 6.45) is 0.451. The van der Waals surface area contributed by atoms with Crippen LogP contribution in [0.4, 0.5) is 11.4 Å². The molecule has 0 bridgehead atoms. The molecule has 0 atom stereocenters. The lowest BCUT2D eigenvalue weighted by Crippen LogP contribution is -2.07. The summed E-state index contributed by atoms with van der Waals surface area (Å²) in [6, 6.07) is 14.4. The Balaban J connectivity index is 1.63. The molecule has 0 saturated heterocycles. The SMILES string of the molecule is CN(C)c1ccc(-c2nc(-c3ccc4c(c3)CC(=O)N4)cs2)cc1. The molecule has 0 spiro atoms. The Morgan fingerprint density at radius 1 is 1.08 bits per heavy atom. The van der Waals surface area contributed by atoms with Gasteiger partial charge >= 0.3 is 0 Å². The molecule has 1 aliphatic heterocycles. The van der Waals surface area contributed by atoms with E-state index >= 15 is 0 Å². The van der Waals surface area contributed by atoms with Crippen molar-refractivity contribution in [3.8, 4) is 21.8 Å². The zero-order valence-electron chi connectivity index (χ0n) is 13.5. The molecule has 1 aromatic heterocycles. The first kappa shape index (κ1) is 14.9. The third-order valence-corrected chi connectivity index (χ3v) is 5.05. The van der Waals surface area contributed by atoms with E-state index in [2.05, 4.69) is 45.9 Å². The molecule has 0 fully saturated rings. The summed E-state index contributed by atoms with van der Waals surface area (Å²) in [5, 5.41) is 5.94. The van der Waals surface area contributed by atoms with Crippen LogP contribution in [-0.2, 0) is 11.2 Å². The molecule has 2 aromatic carbocycles. The van der Waals surface area contributed by atoms with Crippen molar-refractivity contribution in [2.45, 2.75) is 6.42 Å². The molecule has 2 heterocycles. The van der Waals surface area contributed by atoms with Gasteiger partial charge in [-0.3, -0.25) is 4.79 Å². The number of carbonyl (C=O) groups excluding carboxylic acids is 1. The molecule has 0 aliphatic carbocycles. The van der Waals surface area contributed by atoms with E-state index in [9.17, 15) is 4.79 Å². The van der Waals surface area contributed by atoms with Gasteiger partial charge in [0.15, 0.2) is 0 Å². The van der Waals surface area contributed by atoms with Gasteiger partial charge in [0.2, 0.25) is 5.91 Å². The standard InChI is InChI=1S/C19H17N3OS/c1-22(2)15-6-3-12(4-7-15)19-21-17(11-24-19)13-5-8-16-14(9-13)10-18(23)20-16/h3-9,11H,10H2,1-2H3,(H,20,23). The van der Waals surface area contributed by atoms with Crippen molar-refractivity contribution in [2.75, 3.05) is 24.3 Å². The Bertz CT molecular complexity index is 913. The van der Waals surface area contributed by atoms with Crippen molar-refractivity contribution < 1.29 is 4.79 Å². The van der Waals surface area contributed by atoms with E-state index in [-0.39, 0.29) is 5.91 Å². The van der Waals surface area contributed by atoms with Crippen LogP contribution < -0.4 is 10.2 Å². The monoisotopic (exact) mass is 335 g/mol. The van der Waals surface area contributed by atoms with Crippen LogP contribution in [0.3, 0.4) is 0 Å². The third kappa shape index (κ3) is 2.67. The third-order valence-electron chi connectivity index (χ3n) is 4.16. The minimum absolute atomic E-state index is 0.0575. The second-order valence-corrected chi connectivity index (χ2v) is 6.93. The van der Waals surface area contributed by atoms with Gasteiger partial charge in [0.1, 0.15) is 5.01 Å². The molecule has 1 N–H and O–H groups in total. The van der Waals surface area contributed by atoms with Gasteiger partial charge in [-0.25, -0.2) is 4.98 Å². The van der Waals surface area contributed by atoms with Crippen LogP contribution >= 0.6 is 11.3 Å². The molecular weight excluding hydrogens is 318 g/mol. The summed E-state index contributed by atoms with van der Waals surface area (Å²) in [6.45, 7) is 0. The highest BCUT2D eigenvalue weighted by Gasteiger charge is 2.18. The number of benzene rings is 2. The number of amides is 1. The highest BCUT2D eigenvalue weighted by molar-refractivity contribution is 7.13. The summed E-state index contributed by atoms with van der Waals surface area (Å²) in [5.41, 5.74) is 6.26. The fourth-order valence-corrected chi connectivity index (χ4v) is 3.66. The Morgan fingerprint density at radius 2 is 1.83 bits per heavy atom. The Labute approximate surface area is 144 Å². The van der Waals surface area contributed by atoms with Crippen LogP contribution in [0, 0.1) is 0 Å². The minimum Gasteiger partial charge on any atom is -0.378 e. The zero-order valence-corrected chi connectivity index (χ0v) is 14.4. The number of hydrogen-bond donors (Lipinski definition) is 1. The number of nitrogens with one attached hydrogen (secondary N) is 1. The molecule has 120 valence electrons. The minimum atomic E-state index is 0.0575. The smallest absolute Gasteiger partial charge is 0.228 e. The molecule has 0 radical (unpaired) electrons. The number of carbonyl (C=O) groups is 1. The summed E-state index contributed by atoms with van der Waals surface area (Å²) in [7, 11) is 4.06. The lowest BCUT2D eigenvalue weighted by molar-refractivity contribution is -0.115. The van der Waals surface area contributed by atoms with Crippen molar-refractivity contribution in [3.05, 3.63) is 53.4 Å². The van der Waals surface area contributed by atoms with Crippen LogP contribution in [-0.4, -0.2) is 25.0 Å². The lowest BCUT2D eigenvalue weighted by atomic mass is 10.1. The van der Waals surface area contributed by atoms with Crippen LogP contribution in [0.2, 0.25) is 0 Å². The maximum Gasteiger partial charge on any atom is 0.228 e. The first-order valence-corrected chi connectivity index (χ1v) is 8.64. The van der Waals surface area contributed by atoms with Crippen LogP contribution in [0.25, 0.3) is 21.8 Å². The number of anilines is 2. The topological polar surface area (TPSA) is 45.2 Å². The number of nitrogens with zero attached hydrogens (tertiary/aromatic N) is 2. The fourth-order valence-electron chi connectivity index (χ4n) is 2.83. The second kappa shape index (κ2) is 5.76. The molecule has 1 amide bonds. The van der Waals surface area contributed by atoms with E-state index in [0.29, 0.717) is 6.42 Å². The van der Waals surface area contributed by atoms with E-state index < -0.39 is 0 Å². The highest BCUT2D eigenvalue weighted by Crippen LogP contribution is 2.32. The first-order valence-electron chi connectivity index (χ1n) is 7.76. The molecular formula is C19H17N3OS. The summed E-state index contributed by atoms with van der Waals surface area (Å²) < 4.78 is 0. The predicted molar refractivity (Wildman–Crippen MR) is 99.6 cm³/mol. The molecule has 0 unspecified atom stereocenters. The molecule has 3 aromatic rings. The molecule has 24 heavy (non-hydrogen) atoms. The van der Waals surface area contributed by atoms with E-state index in [1.54, 1.807) is 11.3 Å². The van der Waals surface area contributed by atoms with Gasteiger partial charge in [-0.05, 0) is 42.0 Å². The average Bonchev–Trinajstić information content (AvgIpc) is 3.19. The van der Waals surface area contributed by atoms with E-state index in [1.165, 1.54) is 5.69 Å². The van der Waals surface area contributed by atoms with E-state index in [0.717, 1.165) is 33.1 Å². The number of aromatic nitrogens is 1. The molecule has 0 saturated carbocycles. The average molecular weight is 335 g/mol. The van der Waals surface area contributed by atoms with Gasteiger partial charge in [0.05, 0.1) is 12.1 Å². The van der Waals surface area contributed by atoms with Crippen LogP contribution in [0.5, 0.6) is 0 Å². The Morgan fingerprint density at radius 3 is 2.58 bits per heavy atom. The van der Waals surface area contributed by atoms with Gasteiger partial charge in [0.25, 0.3) is 0 Å². The highest BCUT2D eigenvalue weighted by atomic mass is 32.1. The predicted octanol–water partition coefficient (Wildman–Crippen LogP) is 4.04. The number of rotatable bonds is 3.